The molecule has 0 saturated carbocycles. The maximum atomic E-state index is 12.9. The second-order valence-electron chi connectivity index (χ2n) is 8.62. The van der Waals surface area contributed by atoms with Gasteiger partial charge in [0.2, 0.25) is 0 Å². The Bertz CT molecular complexity index is 1440. The van der Waals surface area contributed by atoms with Crippen LogP contribution in [-0.2, 0) is 5.41 Å². The number of carbonyl (C=O) groups is 1. The fourth-order valence-corrected chi connectivity index (χ4v) is 3.55. The summed E-state index contributed by atoms with van der Waals surface area (Å²) in [6.07, 6.45) is 3.53. The Morgan fingerprint density at radius 3 is 2.75 bits per heavy atom. The van der Waals surface area contributed by atoms with Crippen LogP contribution in [0.1, 0.15) is 36.9 Å². The topological polar surface area (TPSA) is 93.0 Å². The van der Waals surface area contributed by atoms with E-state index in [4.69, 9.17) is 9.26 Å². The van der Waals surface area contributed by atoms with Crippen LogP contribution in [0.25, 0.3) is 21.8 Å². The molecule has 3 heterocycles. The summed E-state index contributed by atoms with van der Waals surface area (Å²) >= 11 is 0. The minimum atomic E-state index is -0.249. The van der Waals surface area contributed by atoms with Crippen molar-refractivity contribution in [3.63, 3.8) is 0 Å². The number of aromatic amines is 1. The van der Waals surface area contributed by atoms with Gasteiger partial charge in [-0.3, -0.25) is 4.79 Å². The fraction of sp³-hybridized carbons (Fsp3) is 0.160. The van der Waals surface area contributed by atoms with Gasteiger partial charge in [-0.1, -0.05) is 38.1 Å². The Morgan fingerprint density at radius 1 is 1.06 bits per heavy atom. The zero-order chi connectivity index (χ0) is 22.3. The van der Waals surface area contributed by atoms with Crippen molar-refractivity contribution in [3.05, 3.63) is 78.3 Å². The summed E-state index contributed by atoms with van der Waals surface area (Å²) in [4.78, 5) is 20.3. The van der Waals surface area contributed by atoms with Crippen molar-refractivity contribution in [2.45, 2.75) is 26.2 Å². The molecule has 7 nitrogen and oxygen atoms in total. The number of amides is 1. The van der Waals surface area contributed by atoms with E-state index in [-0.39, 0.29) is 11.3 Å². The molecule has 0 aliphatic carbocycles. The van der Waals surface area contributed by atoms with Gasteiger partial charge in [-0.2, -0.15) is 0 Å². The number of hydrogen-bond acceptors (Lipinski definition) is 5. The number of pyridine rings is 1. The third kappa shape index (κ3) is 3.69. The highest BCUT2D eigenvalue weighted by molar-refractivity contribution is 6.12. The molecule has 0 atom stereocenters. The van der Waals surface area contributed by atoms with Crippen molar-refractivity contribution in [3.8, 4) is 11.5 Å². The average molecular weight is 426 g/mol. The van der Waals surface area contributed by atoms with Crippen molar-refractivity contribution in [1.82, 2.24) is 15.1 Å². The first-order chi connectivity index (χ1) is 15.4. The molecule has 0 aliphatic rings. The van der Waals surface area contributed by atoms with Crippen LogP contribution in [0.3, 0.4) is 0 Å². The maximum Gasteiger partial charge on any atom is 0.257 e. The Kier molecular flexibility index (Phi) is 4.66. The molecule has 5 rings (SSSR count). The molecule has 7 heteroatoms. The molecular weight excluding hydrogens is 404 g/mol. The first kappa shape index (κ1) is 19.8. The van der Waals surface area contributed by atoms with Gasteiger partial charge in [0.05, 0.1) is 5.39 Å². The minimum Gasteiger partial charge on any atom is -0.457 e. The first-order valence-electron chi connectivity index (χ1n) is 10.3. The van der Waals surface area contributed by atoms with Gasteiger partial charge >= 0.3 is 0 Å². The number of rotatable bonds is 4. The van der Waals surface area contributed by atoms with Crippen molar-refractivity contribution >= 4 is 33.5 Å². The van der Waals surface area contributed by atoms with Gasteiger partial charge in [-0.25, -0.2) is 4.98 Å². The van der Waals surface area contributed by atoms with Crippen LogP contribution in [0.5, 0.6) is 11.5 Å². The highest BCUT2D eigenvalue weighted by atomic mass is 16.5. The maximum absolute atomic E-state index is 12.9. The molecule has 3 aromatic heterocycles. The molecule has 0 spiro atoms. The van der Waals surface area contributed by atoms with E-state index in [0.29, 0.717) is 28.6 Å². The standard InChI is InChI=1S/C25H22N4O3/c1-25(2,3)21-14-22(29-32-21)28-24(30)18-6-4-5-15-13-16(7-8-17(15)18)31-20-10-12-27-23-19(20)9-11-26-23/h4-14H,1-3H3,(H,26,27)(H,28,29,30). The number of nitrogens with one attached hydrogen (secondary N) is 2. The summed E-state index contributed by atoms with van der Waals surface area (Å²) in [5.41, 5.74) is 1.13. The number of carbonyl (C=O) groups excluding carboxylic acids is 1. The van der Waals surface area contributed by atoms with E-state index in [1.807, 2.05) is 69.4 Å². The van der Waals surface area contributed by atoms with Crippen molar-refractivity contribution < 1.29 is 14.1 Å². The predicted octanol–water partition coefficient (Wildman–Crippen LogP) is 6.05. The Morgan fingerprint density at radius 2 is 1.94 bits per heavy atom. The van der Waals surface area contributed by atoms with Crippen molar-refractivity contribution in [2.75, 3.05) is 5.32 Å². The molecule has 1 amide bonds. The monoisotopic (exact) mass is 426 g/mol. The fourth-order valence-electron chi connectivity index (χ4n) is 3.55. The minimum absolute atomic E-state index is 0.188. The van der Waals surface area contributed by atoms with Gasteiger partial charge in [0.25, 0.3) is 5.91 Å². The second kappa shape index (κ2) is 7.53. The van der Waals surface area contributed by atoms with E-state index in [0.717, 1.165) is 21.8 Å². The summed E-state index contributed by atoms with van der Waals surface area (Å²) < 4.78 is 11.5. The first-order valence-corrected chi connectivity index (χ1v) is 10.3. The number of hydrogen-bond donors (Lipinski definition) is 2. The molecule has 0 bridgehead atoms. The SMILES string of the molecule is CC(C)(C)c1cc(NC(=O)c2cccc3cc(Oc4ccnc5[nH]ccc45)ccc23)no1. The highest BCUT2D eigenvalue weighted by Gasteiger charge is 2.21. The molecule has 0 aliphatic heterocycles. The van der Waals surface area contributed by atoms with E-state index >= 15 is 0 Å². The van der Waals surface area contributed by atoms with Crippen LogP contribution in [-0.4, -0.2) is 21.0 Å². The third-order valence-electron chi connectivity index (χ3n) is 5.24. The Labute approximate surface area is 184 Å². The largest absolute Gasteiger partial charge is 0.457 e. The van der Waals surface area contributed by atoms with E-state index in [1.165, 1.54) is 0 Å². The van der Waals surface area contributed by atoms with Crippen LogP contribution in [0.15, 0.2) is 71.5 Å². The Hall–Kier alpha value is -4.13. The van der Waals surface area contributed by atoms with Gasteiger partial charge in [-0.05, 0) is 47.2 Å². The predicted molar refractivity (Wildman–Crippen MR) is 123 cm³/mol. The molecule has 2 N–H and O–H groups in total. The molecule has 32 heavy (non-hydrogen) atoms. The van der Waals surface area contributed by atoms with E-state index < -0.39 is 0 Å². The lowest BCUT2D eigenvalue weighted by atomic mass is 9.93. The molecule has 160 valence electrons. The van der Waals surface area contributed by atoms with Gasteiger partial charge in [0, 0.05) is 29.4 Å². The number of aromatic nitrogens is 3. The molecule has 2 aromatic carbocycles. The molecular formula is C25H22N4O3. The summed E-state index contributed by atoms with van der Waals surface area (Å²) in [5, 5.41) is 9.42. The second-order valence-corrected chi connectivity index (χ2v) is 8.62. The van der Waals surface area contributed by atoms with Gasteiger partial charge in [0.1, 0.15) is 22.9 Å². The normalized spacial score (nSPS) is 11.7. The molecule has 5 aromatic rings. The van der Waals surface area contributed by atoms with Crippen LogP contribution < -0.4 is 10.1 Å². The van der Waals surface area contributed by atoms with E-state index in [9.17, 15) is 4.79 Å². The van der Waals surface area contributed by atoms with Gasteiger partial charge in [0.15, 0.2) is 5.82 Å². The van der Waals surface area contributed by atoms with E-state index in [1.54, 1.807) is 18.3 Å². The van der Waals surface area contributed by atoms with E-state index in [2.05, 4.69) is 20.4 Å². The summed E-state index contributed by atoms with van der Waals surface area (Å²) in [7, 11) is 0. The van der Waals surface area contributed by atoms with Crippen LogP contribution in [0, 0.1) is 0 Å². The zero-order valence-electron chi connectivity index (χ0n) is 18.0. The van der Waals surface area contributed by atoms with Gasteiger partial charge < -0.3 is 19.6 Å². The lowest BCUT2D eigenvalue weighted by Crippen LogP contribution is -2.13. The molecule has 0 radical (unpaired) electrons. The average Bonchev–Trinajstić information content (AvgIpc) is 3.43. The summed E-state index contributed by atoms with van der Waals surface area (Å²) in [6, 6.07) is 16.8. The number of anilines is 1. The van der Waals surface area contributed by atoms with Crippen molar-refractivity contribution in [1.29, 1.82) is 0 Å². The number of nitrogens with zero attached hydrogens (tertiary/aromatic N) is 2. The zero-order valence-corrected chi connectivity index (χ0v) is 18.0. The smallest absolute Gasteiger partial charge is 0.257 e. The van der Waals surface area contributed by atoms with Crippen LogP contribution in [0.4, 0.5) is 5.82 Å². The number of ether oxygens (including phenoxy) is 1. The molecule has 0 fully saturated rings. The quantitative estimate of drug-likeness (QED) is 0.365. The van der Waals surface area contributed by atoms with Crippen LogP contribution in [0.2, 0.25) is 0 Å². The number of fused-ring (bicyclic) bond motifs is 2. The molecule has 0 saturated heterocycles. The number of benzene rings is 2. The summed E-state index contributed by atoms with van der Waals surface area (Å²) in [5.74, 6) is 2.24. The summed E-state index contributed by atoms with van der Waals surface area (Å²) in [6.45, 7) is 6.07. The van der Waals surface area contributed by atoms with Gasteiger partial charge in [-0.15, -0.1) is 0 Å². The lowest BCUT2D eigenvalue weighted by molar-refractivity contribution is 0.102. The lowest BCUT2D eigenvalue weighted by Gasteiger charge is -2.12. The molecule has 0 unspecified atom stereocenters. The van der Waals surface area contributed by atoms with Crippen molar-refractivity contribution in [2.24, 2.45) is 0 Å². The Balaban J connectivity index is 1.42. The van der Waals surface area contributed by atoms with Crippen LogP contribution >= 0.6 is 0 Å². The third-order valence-corrected chi connectivity index (χ3v) is 5.24. The highest BCUT2D eigenvalue weighted by Crippen LogP contribution is 2.31. The number of H-pyrrole nitrogens is 1.